The SMILES string of the molecule is C=CCc1ccc(OC(=O)C(C)(C)CC)c(OC)c1. The van der Waals surface area contributed by atoms with Crippen LogP contribution in [-0.2, 0) is 11.2 Å². The second-order valence-corrected chi connectivity index (χ2v) is 5.10. The third kappa shape index (κ3) is 3.85. The smallest absolute Gasteiger partial charge is 0.317 e. The van der Waals surface area contributed by atoms with Gasteiger partial charge in [-0.05, 0) is 44.4 Å². The molecule has 0 spiro atoms. The maximum absolute atomic E-state index is 12.1. The molecule has 3 heteroatoms. The number of carbonyl (C=O) groups is 1. The van der Waals surface area contributed by atoms with E-state index in [0.29, 0.717) is 11.5 Å². The highest BCUT2D eigenvalue weighted by molar-refractivity contribution is 5.78. The maximum atomic E-state index is 12.1. The number of ether oxygens (including phenoxy) is 2. The Morgan fingerprint density at radius 2 is 2.05 bits per heavy atom. The highest BCUT2D eigenvalue weighted by Crippen LogP contribution is 2.31. The Labute approximate surface area is 115 Å². The molecule has 0 aliphatic rings. The van der Waals surface area contributed by atoms with Gasteiger partial charge in [0.25, 0.3) is 0 Å². The van der Waals surface area contributed by atoms with E-state index in [9.17, 15) is 4.79 Å². The van der Waals surface area contributed by atoms with Crippen molar-refractivity contribution in [2.24, 2.45) is 5.41 Å². The largest absolute Gasteiger partial charge is 0.493 e. The Morgan fingerprint density at radius 3 is 2.58 bits per heavy atom. The van der Waals surface area contributed by atoms with E-state index in [4.69, 9.17) is 9.47 Å². The van der Waals surface area contributed by atoms with Crippen LogP contribution in [0.5, 0.6) is 11.5 Å². The quantitative estimate of drug-likeness (QED) is 0.445. The van der Waals surface area contributed by atoms with Crippen molar-refractivity contribution in [3.63, 3.8) is 0 Å². The van der Waals surface area contributed by atoms with Crippen molar-refractivity contribution in [1.29, 1.82) is 0 Å². The summed E-state index contributed by atoms with van der Waals surface area (Å²) in [6, 6.07) is 5.54. The average molecular weight is 262 g/mol. The lowest BCUT2D eigenvalue weighted by Crippen LogP contribution is -2.28. The van der Waals surface area contributed by atoms with Gasteiger partial charge in [0.2, 0.25) is 0 Å². The lowest BCUT2D eigenvalue weighted by atomic mass is 9.91. The zero-order valence-corrected chi connectivity index (χ0v) is 12.2. The van der Waals surface area contributed by atoms with Crippen LogP contribution in [0.3, 0.4) is 0 Å². The number of hydrogen-bond donors (Lipinski definition) is 0. The summed E-state index contributed by atoms with van der Waals surface area (Å²) in [5.74, 6) is 0.784. The topological polar surface area (TPSA) is 35.5 Å². The van der Waals surface area contributed by atoms with Crippen LogP contribution in [0.4, 0.5) is 0 Å². The molecule has 0 bridgehead atoms. The van der Waals surface area contributed by atoms with Gasteiger partial charge in [0, 0.05) is 0 Å². The number of rotatable bonds is 6. The van der Waals surface area contributed by atoms with E-state index in [1.165, 1.54) is 0 Å². The van der Waals surface area contributed by atoms with E-state index >= 15 is 0 Å². The van der Waals surface area contributed by atoms with Crippen molar-refractivity contribution < 1.29 is 14.3 Å². The third-order valence-electron chi connectivity index (χ3n) is 3.25. The molecule has 1 rings (SSSR count). The summed E-state index contributed by atoms with van der Waals surface area (Å²) in [6.07, 6.45) is 3.30. The van der Waals surface area contributed by atoms with Crippen molar-refractivity contribution in [3.8, 4) is 11.5 Å². The van der Waals surface area contributed by atoms with Crippen molar-refractivity contribution in [3.05, 3.63) is 36.4 Å². The molecule has 0 N–H and O–H groups in total. The monoisotopic (exact) mass is 262 g/mol. The van der Waals surface area contributed by atoms with Gasteiger partial charge in [-0.25, -0.2) is 0 Å². The fraction of sp³-hybridized carbons (Fsp3) is 0.438. The van der Waals surface area contributed by atoms with Crippen LogP contribution >= 0.6 is 0 Å². The molecule has 19 heavy (non-hydrogen) atoms. The molecule has 0 heterocycles. The molecule has 104 valence electrons. The van der Waals surface area contributed by atoms with Crippen LogP contribution in [0.1, 0.15) is 32.8 Å². The van der Waals surface area contributed by atoms with Gasteiger partial charge in [-0.3, -0.25) is 4.79 Å². The first-order valence-electron chi connectivity index (χ1n) is 6.44. The van der Waals surface area contributed by atoms with Crippen LogP contribution in [0.15, 0.2) is 30.9 Å². The van der Waals surface area contributed by atoms with E-state index in [2.05, 4.69) is 6.58 Å². The molecule has 1 aromatic carbocycles. The zero-order valence-electron chi connectivity index (χ0n) is 12.2. The second-order valence-electron chi connectivity index (χ2n) is 5.10. The average Bonchev–Trinajstić information content (AvgIpc) is 2.40. The highest BCUT2D eigenvalue weighted by atomic mass is 16.6. The summed E-state index contributed by atoms with van der Waals surface area (Å²) < 4.78 is 10.7. The van der Waals surface area contributed by atoms with E-state index in [1.807, 2.05) is 39.0 Å². The van der Waals surface area contributed by atoms with Crippen LogP contribution < -0.4 is 9.47 Å². The summed E-state index contributed by atoms with van der Waals surface area (Å²) >= 11 is 0. The van der Waals surface area contributed by atoms with Crippen molar-refractivity contribution in [2.75, 3.05) is 7.11 Å². The van der Waals surface area contributed by atoms with Gasteiger partial charge in [0.1, 0.15) is 0 Å². The predicted molar refractivity (Wildman–Crippen MR) is 76.6 cm³/mol. The number of allylic oxidation sites excluding steroid dienone is 1. The molecule has 0 atom stereocenters. The minimum Gasteiger partial charge on any atom is -0.493 e. The summed E-state index contributed by atoms with van der Waals surface area (Å²) in [7, 11) is 1.56. The third-order valence-corrected chi connectivity index (χ3v) is 3.25. The lowest BCUT2D eigenvalue weighted by molar-refractivity contribution is -0.144. The number of esters is 1. The molecule has 0 fully saturated rings. The highest BCUT2D eigenvalue weighted by Gasteiger charge is 2.28. The van der Waals surface area contributed by atoms with Crippen LogP contribution in [0.2, 0.25) is 0 Å². The molecule has 0 aromatic heterocycles. The van der Waals surface area contributed by atoms with Crippen LogP contribution in [0, 0.1) is 5.41 Å². The molecule has 0 amide bonds. The summed E-state index contributed by atoms with van der Waals surface area (Å²) in [6.45, 7) is 9.40. The van der Waals surface area contributed by atoms with Gasteiger partial charge in [-0.15, -0.1) is 6.58 Å². The molecule has 0 saturated carbocycles. The Balaban J connectivity index is 2.95. The fourth-order valence-electron chi connectivity index (χ4n) is 1.47. The molecule has 0 aliphatic carbocycles. The van der Waals surface area contributed by atoms with E-state index in [1.54, 1.807) is 13.2 Å². The maximum Gasteiger partial charge on any atom is 0.317 e. The Kier molecular flexibility index (Phi) is 5.16. The summed E-state index contributed by atoms with van der Waals surface area (Å²) in [4.78, 5) is 12.1. The summed E-state index contributed by atoms with van der Waals surface area (Å²) in [5, 5.41) is 0. The van der Waals surface area contributed by atoms with Crippen molar-refractivity contribution >= 4 is 5.97 Å². The molecule has 0 radical (unpaired) electrons. The molecule has 1 aromatic rings. The Bertz CT molecular complexity index is 461. The van der Waals surface area contributed by atoms with Gasteiger partial charge in [-0.2, -0.15) is 0 Å². The second kappa shape index (κ2) is 6.41. The summed E-state index contributed by atoms with van der Waals surface area (Å²) in [5.41, 5.74) is 0.576. The molecular formula is C16H22O3. The lowest BCUT2D eigenvalue weighted by Gasteiger charge is -2.21. The van der Waals surface area contributed by atoms with Gasteiger partial charge in [-0.1, -0.05) is 19.1 Å². The first-order chi connectivity index (χ1) is 8.94. The van der Waals surface area contributed by atoms with Crippen molar-refractivity contribution in [2.45, 2.75) is 33.6 Å². The van der Waals surface area contributed by atoms with Crippen LogP contribution in [-0.4, -0.2) is 13.1 Å². The number of benzene rings is 1. The fourth-order valence-corrected chi connectivity index (χ4v) is 1.47. The van der Waals surface area contributed by atoms with Gasteiger partial charge >= 0.3 is 5.97 Å². The van der Waals surface area contributed by atoms with E-state index < -0.39 is 5.41 Å². The number of hydrogen-bond acceptors (Lipinski definition) is 3. The molecule has 3 nitrogen and oxygen atoms in total. The minimum atomic E-state index is -0.495. The molecular weight excluding hydrogens is 240 g/mol. The first-order valence-corrected chi connectivity index (χ1v) is 6.44. The Hall–Kier alpha value is -1.77. The van der Waals surface area contributed by atoms with Gasteiger partial charge in [0.15, 0.2) is 11.5 Å². The van der Waals surface area contributed by atoms with E-state index in [-0.39, 0.29) is 5.97 Å². The van der Waals surface area contributed by atoms with Crippen LogP contribution in [0.25, 0.3) is 0 Å². The molecule has 0 aliphatic heterocycles. The standard InChI is InChI=1S/C16H22O3/c1-6-8-12-9-10-13(14(11-12)18-5)19-15(17)16(3,4)7-2/h6,9-11H,1,7-8H2,2-5H3. The number of carbonyl (C=O) groups excluding carboxylic acids is 1. The molecule has 0 saturated heterocycles. The first kappa shape index (κ1) is 15.3. The molecule has 0 unspecified atom stereocenters. The van der Waals surface area contributed by atoms with Gasteiger partial charge in [0.05, 0.1) is 12.5 Å². The van der Waals surface area contributed by atoms with E-state index in [0.717, 1.165) is 18.4 Å². The number of methoxy groups -OCH3 is 1. The van der Waals surface area contributed by atoms with Crippen molar-refractivity contribution in [1.82, 2.24) is 0 Å². The Morgan fingerprint density at radius 1 is 1.37 bits per heavy atom. The zero-order chi connectivity index (χ0) is 14.5. The predicted octanol–water partition coefficient (Wildman–Crippen LogP) is 3.77. The minimum absolute atomic E-state index is 0.246. The normalized spacial score (nSPS) is 10.9. The van der Waals surface area contributed by atoms with Gasteiger partial charge < -0.3 is 9.47 Å².